The minimum atomic E-state index is 0.238. The molecular formula is C12H12ClN3O2. The van der Waals surface area contributed by atoms with E-state index in [9.17, 15) is 0 Å². The normalized spacial score (nSPS) is 14.1. The van der Waals surface area contributed by atoms with Crippen LogP contribution in [0.3, 0.4) is 0 Å². The fraction of sp³-hybridized carbons (Fsp3) is 0.250. The predicted molar refractivity (Wildman–Crippen MR) is 68.4 cm³/mol. The Morgan fingerprint density at radius 1 is 1.39 bits per heavy atom. The third kappa shape index (κ3) is 1.72. The first-order valence-corrected chi connectivity index (χ1v) is 5.85. The Bertz CT molecular complexity index is 610. The highest BCUT2D eigenvalue weighted by molar-refractivity contribution is 6.31. The summed E-state index contributed by atoms with van der Waals surface area (Å²) in [6, 6.07) is 3.67. The van der Waals surface area contributed by atoms with Gasteiger partial charge in [-0.3, -0.25) is 4.68 Å². The quantitative estimate of drug-likeness (QED) is 0.859. The van der Waals surface area contributed by atoms with Crippen LogP contribution >= 0.6 is 11.6 Å². The van der Waals surface area contributed by atoms with Gasteiger partial charge in [-0.05, 0) is 12.1 Å². The molecular weight excluding hydrogens is 254 g/mol. The van der Waals surface area contributed by atoms with Crippen molar-refractivity contribution in [3.8, 4) is 16.9 Å². The Labute approximate surface area is 109 Å². The van der Waals surface area contributed by atoms with E-state index in [1.165, 1.54) is 0 Å². The summed E-state index contributed by atoms with van der Waals surface area (Å²) in [5.41, 5.74) is 8.58. The number of rotatable bonds is 1. The number of nitrogens with two attached hydrogens (primary N) is 1. The van der Waals surface area contributed by atoms with Crippen molar-refractivity contribution in [1.82, 2.24) is 9.78 Å². The molecule has 0 radical (unpaired) electrons. The van der Waals surface area contributed by atoms with Crippen molar-refractivity contribution in [3.63, 3.8) is 0 Å². The second kappa shape index (κ2) is 4.19. The Morgan fingerprint density at radius 3 is 2.94 bits per heavy atom. The highest BCUT2D eigenvalue weighted by Gasteiger charge is 2.20. The Morgan fingerprint density at radius 2 is 2.22 bits per heavy atom. The standard InChI is InChI=1S/C12H12ClN3O2/c1-16-12(14)10(4-15-16)9-3-8(13)2-7-5-17-6-18-11(7)9/h2-4H,5-6,14H2,1H3. The molecule has 94 valence electrons. The molecule has 0 fully saturated rings. The third-order valence-corrected chi connectivity index (χ3v) is 3.17. The molecule has 0 bridgehead atoms. The molecule has 2 N–H and O–H groups in total. The predicted octanol–water partition coefficient (Wildman–Crippen LogP) is 2.19. The Balaban J connectivity index is 2.22. The number of nitrogen functional groups attached to an aromatic ring is 1. The second-order valence-electron chi connectivity index (χ2n) is 4.12. The lowest BCUT2D eigenvalue weighted by Crippen LogP contribution is -2.12. The van der Waals surface area contributed by atoms with Crippen LogP contribution in [0, 0.1) is 0 Å². The van der Waals surface area contributed by atoms with Crippen molar-refractivity contribution in [2.45, 2.75) is 6.61 Å². The van der Waals surface area contributed by atoms with E-state index in [0.29, 0.717) is 17.4 Å². The van der Waals surface area contributed by atoms with Crippen molar-refractivity contribution in [1.29, 1.82) is 0 Å². The number of hydrogen-bond acceptors (Lipinski definition) is 4. The van der Waals surface area contributed by atoms with Gasteiger partial charge < -0.3 is 15.2 Å². The maximum absolute atomic E-state index is 6.11. The summed E-state index contributed by atoms with van der Waals surface area (Å²) in [7, 11) is 1.79. The zero-order valence-corrected chi connectivity index (χ0v) is 10.6. The third-order valence-electron chi connectivity index (χ3n) is 2.95. The van der Waals surface area contributed by atoms with E-state index in [-0.39, 0.29) is 6.79 Å². The molecule has 5 nitrogen and oxygen atoms in total. The molecule has 1 aliphatic rings. The minimum absolute atomic E-state index is 0.238. The van der Waals surface area contributed by atoms with Gasteiger partial charge in [-0.2, -0.15) is 5.10 Å². The molecule has 0 spiro atoms. The fourth-order valence-electron chi connectivity index (χ4n) is 2.03. The van der Waals surface area contributed by atoms with Crippen LogP contribution in [0.2, 0.25) is 5.02 Å². The van der Waals surface area contributed by atoms with E-state index in [1.807, 2.05) is 12.1 Å². The first-order chi connectivity index (χ1) is 8.66. The minimum Gasteiger partial charge on any atom is -0.467 e. The van der Waals surface area contributed by atoms with Crippen molar-refractivity contribution in [3.05, 3.63) is 28.9 Å². The van der Waals surface area contributed by atoms with Crippen LogP contribution in [-0.2, 0) is 18.4 Å². The molecule has 0 aliphatic carbocycles. The van der Waals surface area contributed by atoms with Crippen LogP contribution in [0.1, 0.15) is 5.56 Å². The average molecular weight is 266 g/mol. The van der Waals surface area contributed by atoms with E-state index >= 15 is 0 Å². The summed E-state index contributed by atoms with van der Waals surface area (Å²) in [5.74, 6) is 1.35. The van der Waals surface area contributed by atoms with E-state index in [4.69, 9.17) is 26.8 Å². The fourth-order valence-corrected chi connectivity index (χ4v) is 2.28. The second-order valence-corrected chi connectivity index (χ2v) is 4.56. The van der Waals surface area contributed by atoms with Gasteiger partial charge in [0.25, 0.3) is 0 Å². The first kappa shape index (κ1) is 11.4. The monoisotopic (exact) mass is 265 g/mol. The van der Waals surface area contributed by atoms with Gasteiger partial charge in [-0.25, -0.2) is 0 Å². The van der Waals surface area contributed by atoms with Crippen LogP contribution in [0.25, 0.3) is 11.1 Å². The SMILES string of the molecule is Cn1ncc(-c2cc(Cl)cc3c2OCOC3)c1N. The molecule has 18 heavy (non-hydrogen) atoms. The molecule has 0 unspecified atom stereocenters. The van der Waals surface area contributed by atoms with Crippen LogP contribution in [0.4, 0.5) is 5.82 Å². The topological polar surface area (TPSA) is 62.3 Å². The number of aromatic nitrogens is 2. The van der Waals surface area contributed by atoms with E-state index in [0.717, 1.165) is 22.4 Å². The smallest absolute Gasteiger partial charge is 0.189 e. The lowest BCUT2D eigenvalue weighted by molar-refractivity contribution is -0.0159. The van der Waals surface area contributed by atoms with Crippen LogP contribution < -0.4 is 10.5 Å². The number of nitrogens with zero attached hydrogens (tertiary/aromatic N) is 2. The van der Waals surface area contributed by atoms with Gasteiger partial charge in [-0.1, -0.05) is 11.6 Å². The molecule has 0 atom stereocenters. The molecule has 0 saturated heterocycles. The molecule has 0 amide bonds. The maximum atomic E-state index is 6.11. The van der Waals surface area contributed by atoms with Crippen molar-refractivity contribution in [2.75, 3.05) is 12.5 Å². The molecule has 6 heteroatoms. The van der Waals surface area contributed by atoms with E-state index in [2.05, 4.69) is 5.10 Å². The van der Waals surface area contributed by atoms with Crippen molar-refractivity contribution in [2.24, 2.45) is 7.05 Å². The number of hydrogen-bond donors (Lipinski definition) is 1. The number of anilines is 1. The summed E-state index contributed by atoms with van der Waals surface area (Å²) in [4.78, 5) is 0. The average Bonchev–Trinajstić information content (AvgIpc) is 2.69. The van der Waals surface area contributed by atoms with Gasteiger partial charge in [0.15, 0.2) is 6.79 Å². The molecule has 2 heterocycles. The summed E-state index contributed by atoms with van der Waals surface area (Å²) >= 11 is 6.11. The van der Waals surface area contributed by atoms with Gasteiger partial charge in [0.2, 0.25) is 0 Å². The number of halogens is 1. The number of fused-ring (bicyclic) bond motifs is 1. The summed E-state index contributed by atoms with van der Waals surface area (Å²) in [6.45, 7) is 0.727. The van der Waals surface area contributed by atoms with Crippen molar-refractivity contribution >= 4 is 17.4 Å². The summed E-state index contributed by atoms with van der Waals surface area (Å²) in [6.07, 6.45) is 1.71. The van der Waals surface area contributed by atoms with Gasteiger partial charge >= 0.3 is 0 Å². The Kier molecular flexibility index (Phi) is 2.65. The lowest BCUT2D eigenvalue weighted by atomic mass is 10.0. The molecule has 2 aromatic rings. The van der Waals surface area contributed by atoms with Crippen LogP contribution in [0.5, 0.6) is 5.75 Å². The van der Waals surface area contributed by atoms with Gasteiger partial charge in [-0.15, -0.1) is 0 Å². The number of ether oxygens (including phenoxy) is 2. The maximum Gasteiger partial charge on any atom is 0.189 e. The van der Waals surface area contributed by atoms with Crippen LogP contribution in [0.15, 0.2) is 18.3 Å². The first-order valence-electron chi connectivity index (χ1n) is 5.47. The van der Waals surface area contributed by atoms with Crippen LogP contribution in [-0.4, -0.2) is 16.6 Å². The summed E-state index contributed by atoms with van der Waals surface area (Å²) < 4.78 is 12.4. The molecule has 1 aromatic carbocycles. The highest BCUT2D eigenvalue weighted by Crippen LogP contribution is 2.40. The van der Waals surface area contributed by atoms with E-state index < -0.39 is 0 Å². The molecule has 3 rings (SSSR count). The van der Waals surface area contributed by atoms with Gasteiger partial charge in [0, 0.05) is 28.8 Å². The largest absolute Gasteiger partial charge is 0.467 e. The number of benzene rings is 1. The zero-order chi connectivity index (χ0) is 12.7. The number of aryl methyl sites for hydroxylation is 1. The molecule has 1 aliphatic heterocycles. The lowest BCUT2D eigenvalue weighted by Gasteiger charge is -2.20. The zero-order valence-electron chi connectivity index (χ0n) is 9.81. The summed E-state index contributed by atoms with van der Waals surface area (Å²) in [5, 5.41) is 4.76. The molecule has 1 aromatic heterocycles. The van der Waals surface area contributed by atoms with Crippen molar-refractivity contribution < 1.29 is 9.47 Å². The Hall–Kier alpha value is -1.72. The highest BCUT2D eigenvalue weighted by atomic mass is 35.5. The van der Waals surface area contributed by atoms with E-state index in [1.54, 1.807) is 17.9 Å². The van der Waals surface area contributed by atoms with Gasteiger partial charge in [0.05, 0.1) is 12.8 Å². The van der Waals surface area contributed by atoms with Gasteiger partial charge in [0.1, 0.15) is 11.6 Å². The molecule has 0 saturated carbocycles.